The summed E-state index contributed by atoms with van der Waals surface area (Å²) in [4.78, 5) is 13.5. The summed E-state index contributed by atoms with van der Waals surface area (Å²) in [7, 11) is 3.41. The van der Waals surface area contributed by atoms with Crippen LogP contribution in [0.4, 0.5) is 8.78 Å². The van der Waals surface area contributed by atoms with E-state index in [9.17, 15) is 13.6 Å². The van der Waals surface area contributed by atoms with Crippen LogP contribution in [0.2, 0.25) is 0 Å². The Morgan fingerprint density at radius 3 is 2.64 bits per heavy atom. The van der Waals surface area contributed by atoms with E-state index < -0.39 is 11.6 Å². The molecule has 0 aliphatic rings. The lowest BCUT2D eigenvalue weighted by Gasteiger charge is -2.15. The number of nitrogens with one attached hydrogen (secondary N) is 1. The van der Waals surface area contributed by atoms with Gasteiger partial charge in [0.15, 0.2) is 5.82 Å². The van der Waals surface area contributed by atoms with E-state index in [1.54, 1.807) is 13.2 Å². The summed E-state index contributed by atoms with van der Waals surface area (Å²) in [6.45, 7) is 2.64. The molecule has 0 aliphatic heterocycles. The van der Waals surface area contributed by atoms with Crippen molar-refractivity contribution >= 4 is 5.91 Å². The molecule has 0 radical (unpaired) electrons. The molecule has 146 valence electrons. The van der Waals surface area contributed by atoms with Gasteiger partial charge in [-0.2, -0.15) is 5.10 Å². The molecule has 2 aromatic carbocycles. The summed E-state index contributed by atoms with van der Waals surface area (Å²) >= 11 is 0. The number of benzene rings is 2. The number of aromatic nitrogens is 2. The summed E-state index contributed by atoms with van der Waals surface area (Å²) in [5.74, 6) is -1.43. The van der Waals surface area contributed by atoms with Gasteiger partial charge in [-0.1, -0.05) is 24.3 Å². The Hall–Kier alpha value is -3.06. The molecule has 0 atom stereocenters. The van der Waals surface area contributed by atoms with Gasteiger partial charge in [-0.05, 0) is 31.7 Å². The maximum absolute atomic E-state index is 14.3. The molecule has 0 aliphatic carbocycles. The first-order chi connectivity index (χ1) is 13.4. The number of hydrogen-bond acceptors (Lipinski definition) is 3. The molecule has 0 bridgehead atoms. The predicted octanol–water partition coefficient (Wildman–Crippen LogP) is 3.30. The van der Waals surface area contributed by atoms with Gasteiger partial charge in [0.2, 0.25) is 5.91 Å². The fourth-order valence-electron chi connectivity index (χ4n) is 3.05. The molecule has 7 heteroatoms. The molecule has 1 amide bonds. The van der Waals surface area contributed by atoms with Gasteiger partial charge in [0.1, 0.15) is 11.5 Å². The number of likely N-dealkylation sites (N-methyl/N-ethyl adjacent to an activating group) is 2. The topological polar surface area (TPSA) is 50.2 Å². The van der Waals surface area contributed by atoms with Crippen molar-refractivity contribution in [1.82, 2.24) is 20.0 Å². The van der Waals surface area contributed by atoms with Crippen LogP contribution in [-0.2, 0) is 11.3 Å². The van der Waals surface area contributed by atoms with Crippen molar-refractivity contribution in [2.75, 3.05) is 20.6 Å². The fourth-order valence-corrected chi connectivity index (χ4v) is 3.05. The van der Waals surface area contributed by atoms with E-state index in [-0.39, 0.29) is 18.1 Å². The highest BCUT2D eigenvalue weighted by molar-refractivity contribution is 5.77. The lowest BCUT2D eigenvalue weighted by atomic mass is 10.0. The van der Waals surface area contributed by atoms with E-state index in [1.807, 2.05) is 43.1 Å². The standard InChI is InChI=1S/C21H22F2N4O/c1-14-6-4-5-7-17(14)21-15(11-26(3)13-20(28)24-2)12-27(25-21)19-9-8-16(22)10-18(19)23/h4-10,12H,11,13H2,1-3H3,(H,24,28). The second-order valence-electron chi connectivity index (χ2n) is 6.70. The number of hydrogen-bond donors (Lipinski definition) is 1. The maximum Gasteiger partial charge on any atom is 0.233 e. The third-order valence-electron chi connectivity index (χ3n) is 4.48. The van der Waals surface area contributed by atoms with Crippen molar-refractivity contribution in [1.29, 1.82) is 0 Å². The van der Waals surface area contributed by atoms with E-state index in [0.717, 1.165) is 22.8 Å². The molecule has 1 aromatic heterocycles. The SMILES string of the molecule is CNC(=O)CN(C)Cc1cn(-c2ccc(F)cc2F)nc1-c1ccccc1C. The van der Waals surface area contributed by atoms with Crippen LogP contribution in [0.3, 0.4) is 0 Å². The quantitative estimate of drug-likeness (QED) is 0.710. The highest BCUT2D eigenvalue weighted by Crippen LogP contribution is 2.28. The first-order valence-electron chi connectivity index (χ1n) is 8.88. The second kappa shape index (κ2) is 8.31. The van der Waals surface area contributed by atoms with Crippen LogP contribution in [-0.4, -0.2) is 41.2 Å². The minimum atomic E-state index is -0.691. The Morgan fingerprint density at radius 2 is 1.96 bits per heavy atom. The lowest BCUT2D eigenvalue weighted by Crippen LogP contribution is -2.32. The molecule has 0 fully saturated rings. The Balaban J connectivity index is 2.05. The van der Waals surface area contributed by atoms with Crippen molar-refractivity contribution in [3.05, 3.63) is 71.4 Å². The second-order valence-corrected chi connectivity index (χ2v) is 6.70. The van der Waals surface area contributed by atoms with Crippen LogP contribution in [0.15, 0.2) is 48.7 Å². The number of amides is 1. The average molecular weight is 384 g/mol. The largest absolute Gasteiger partial charge is 0.358 e. The highest BCUT2D eigenvalue weighted by Gasteiger charge is 2.18. The van der Waals surface area contributed by atoms with Gasteiger partial charge in [-0.25, -0.2) is 13.5 Å². The highest BCUT2D eigenvalue weighted by atomic mass is 19.1. The molecule has 1 heterocycles. The normalized spacial score (nSPS) is 11.1. The first-order valence-corrected chi connectivity index (χ1v) is 8.88. The lowest BCUT2D eigenvalue weighted by molar-refractivity contribution is -0.121. The average Bonchev–Trinajstić information content (AvgIpc) is 3.04. The third kappa shape index (κ3) is 4.26. The van der Waals surface area contributed by atoms with Crippen LogP contribution in [0, 0.1) is 18.6 Å². The van der Waals surface area contributed by atoms with Gasteiger partial charge < -0.3 is 5.32 Å². The smallest absolute Gasteiger partial charge is 0.233 e. The van der Waals surface area contributed by atoms with Crippen molar-refractivity contribution in [2.24, 2.45) is 0 Å². The Labute approximate surface area is 162 Å². The summed E-state index contributed by atoms with van der Waals surface area (Å²) in [6, 6.07) is 11.2. The van der Waals surface area contributed by atoms with Crippen molar-refractivity contribution in [3.8, 4) is 16.9 Å². The summed E-state index contributed by atoms with van der Waals surface area (Å²) in [5.41, 5.74) is 3.65. The number of nitrogens with zero attached hydrogens (tertiary/aromatic N) is 3. The van der Waals surface area contributed by atoms with Crippen molar-refractivity contribution < 1.29 is 13.6 Å². The van der Waals surface area contributed by atoms with Gasteiger partial charge >= 0.3 is 0 Å². The monoisotopic (exact) mass is 384 g/mol. The molecule has 3 rings (SSSR count). The molecule has 28 heavy (non-hydrogen) atoms. The van der Waals surface area contributed by atoms with Crippen LogP contribution < -0.4 is 5.32 Å². The molecule has 1 N–H and O–H groups in total. The van der Waals surface area contributed by atoms with E-state index in [1.165, 1.54) is 16.8 Å². The number of carbonyl (C=O) groups is 1. The molecule has 0 saturated carbocycles. The van der Waals surface area contributed by atoms with E-state index in [2.05, 4.69) is 10.4 Å². The number of aryl methyl sites for hydroxylation is 1. The molecule has 5 nitrogen and oxygen atoms in total. The first kappa shape index (κ1) is 19.7. The van der Waals surface area contributed by atoms with Crippen LogP contribution in [0.5, 0.6) is 0 Å². The third-order valence-corrected chi connectivity index (χ3v) is 4.48. The van der Waals surface area contributed by atoms with E-state index in [4.69, 9.17) is 0 Å². The van der Waals surface area contributed by atoms with Crippen LogP contribution in [0.25, 0.3) is 16.9 Å². The molecule has 0 saturated heterocycles. The molecule has 0 spiro atoms. The number of rotatable bonds is 6. The minimum absolute atomic E-state index is 0.100. The Kier molecular flexibility index (Phi) is 5.84. The maximum atomic E-state index is 14.3. The van der Waals surface area contributed by atoms with Gasteiger partial charge in [0.25, 0.3) is 0 Å². The summed E-state index contributed by atoms with van der Waals surface area (Å²) in [6.07, 6.45) is 1.72. The van der Waals surface area contributed by atoms with Gasteiger partial charge in [-0.15, -0.1) is 0 Å². The Bertz CT molecular complexity index is 1000. The van der Waals surface area contributed by atoms with E-state index >= 15 is 0 Å². The van der Waals surface area contributed by atoms with Crippen molar-refractivity contribution in [2.45, 2.75) is 13.5 Å². The number of halogens is 2. The van der Waals surface area contributed by atoms with Crippen LogP contribution in [0.1, 0.15) is 11.1 Å². The summed E-state index contributed by atoms with van der Waals surface area (Å²) in [5, 5.41) is 7.18. The van der Waals surface area contributed by atoms with E-state index in [0.29, 0.717) is 12.2 Å². The minimum Gasteiger partial charge on any atom is -0.358 e. The zero-order chi connectivity index (χ0) is 20.3. The Morgan fingerprint density at radius 1 is 1.21 bits per heavy atom. The van der Waals surface area contributed by atoms with Crippen LogP contribution >= 0.6 is 0 Å². The molecule has 3 aromatic rings. The molecule has 0 unspecified atom stereocenters. The van der Waals surface area contributed by atoms with Gasteiger partial charge in [0.05, 0.1) is 12.2 Å². The number of carbonyl (C=O) groups excluding carboxylic acids is 1. The van der Waals surface area contributed by atoms with Crippen molar-refractivity contribution in [3.63, 3.8) is 0 Å². The molecular formula is C21H22F2N4O. The molecular weight excluding hydrogens is 362 g/mol. The zero-order valence-electron chi connectivity index (χ0n) is 16.0. The van der Waals surface area contributed by atoms with Gasteiger partial charge in [0, 0.05) is 37.0 Å². The predicted molar refractivity (Wildman–Crippen MR) is 104 cm³/mol. The van der Waals surface area contributed by atoms with Gasteiger partial charge in [-0.3, -0.25) is 9.69 Å². The summed E-state index contributed by atoms with van der Waals surface area (Å²) < 4.78 is 29.0. The zero-order valence-corrected chi connectivity index (χ0v) is 16.0. The fraction of sp³-hybridized carbons (Fsp3) is 0.238.